The summed E-state index contributed by atoms with van der Waals surface area (Å²) in [5, 5.41) is 0.701. The van der Waals surface area contributed by atoms with Crippen molar-refractivity contribution in [3.8, 4) is 5.75 Å². The van der Waals surface area contributed by atoms with Crippen LogP contribution >= 0.6 is 11.8 Å². The maximum atomic E-state index is 5.76. The molecule has 0 unspecified atom stereocenters. The van der Waals surface area contributed by atoms with Crippen molar-refractivity contribution >= 4 is 28.7 Å². The number of H-pyrrole nitrogens is 1. The molecule has 19 heavy (non-hydrogen) atoms. The van der Waals surface area contributed by atoms with Gasteiger partial charge in [0.15, 0.2) is 16.6 Å². The van der Waals surface area contributed by atoms with E-state index in [1.54, 1.807) is 7.11 Å². The van der Waals surface area contributed by atoms with Crippen LogP contribution in [0.2, 0.25) is 0 Å². The molecule has 96 valence electrons. The minimum atomic E-state index is 0.393. The van der Waals surface area contributed by atoms with E-state index in [1.165, 1.54) is 18.1 Å². The number of imidazole rings is 1. The summed E-state index contributed by atoms with van der Waals surface area (Å²) < 4.78 is 5.30. The smallest absolute Gasteiger partial charge is 0.183 e. The number of hydrogen-bond donors (Lipinski definition) is 2. The zero-order chi connectivity index (χ0) is 13.2. The van der Waals surface area contributed by atoms with Gasteiger partial charge in [-0.05, 0) is 23.9 Å². The molecule has 0 fully saturated rings. The molecule has 0 atom stereocenters. The number of fused-ring (bicyclic) bond motifs is 1. The number of para-hydroxylation sites is 1. The molecular weight excluding hydrogens is 262 g/mol. The quantitative estimate of drug-likeness (QED) is 0.759. The monoisotopic (exact) mass is 273 g/mol. The van der Waals surface area contributed by atoms with Crippen LogP contribution in [0, 0.1) is 0 Å². The molecule has 0 saturated carbocycles. The molecule has 0 aliphatic carbocycles. The van der Waals surface area contributed by atoms with E-state index in [9.17, 15) is 0 Å². The van der Waals surface area contributed by atoms with Gasteiger partial charge < -0.3 is 15.5 Å². The molecule has 1 aromatic carbocycles. The van der Waals surface area contributed by atoms with Gasteiger partial charge in [-0.3, -0.25) is 0 Å². The van der Waals surface area contributed by atoms with E-state index < -0.39 is 0 Å². The highest BCUT2D eigenvalue weighted by Gasteiger charge is 2.10. The van der Waals surface area contributed by atoms with Crippen molar-refractivity contribution in [1.29, 1.82) is 0 Å². The number of hydrogen-bond acceptors (Lipinski definition) is 6. The van der Waals surface area contributed by atoms with Crippen LogP contribution < -0.4 is 10.5 Å². The van der Waals surface area contributed by atoms with Gasteiger partial charge in [-0.1, -0.05) is 12.1 Å². The fourth-order valence-corrected chi connectivity index (χ4v) is 2.57. The Kier molecular flexibility index (Phi) is 2.96. The van der Waals surface area contributed by atoms with Crippen molar-refractivity contribution in [2.45, 2.75) is 10.1 Å². The fourth-order valence-electron chi connectivity index (χ4n) is 1.68. The van der Waals surface area contributed by atoms with E-state index in [0.717, 1.165) is 10.6 Å². The van der Waals surface area contributed by atoms with Crippen molar-refractivity contribution in [2.75, 3.05) is 12.8 Å². The highest BCUT2D eigenvalue weighted by atomic mass is 32.2. The molecule has 0 aliphatic heterocycles. The van der Waals surface area contributed by atoms with Crippen molar-refractivity contribution in [3.05, 3.63) is 30.6 Å². The van der Waals surface area contributed by atoms with Crippen LogP contribution in [0.1, 0.15) is 0 Å². The first-order valence-electron chi connectivity index (χ1n) is 5.55. The molecule has 0 bridgehead atoms. The van der Waals surface area contributed by atoms with Crippen LogP contribution in [-0.2, 0) is 0 Å². The predicted octanol–water partition coefficient (Wildman–Crippen LogP) is 2.09. The lowest BCUT2D eigenvalue weighted by Crippen LogP contribution is -1.91. The molecular formula is C12H11N5OS. The molecule has 0 radical (unpaired) electrons. The largest absolute Gasteiger partial charge is 0.496 e. The Morgan fingerprint density at radius 1 is 1.26 bits per heavy atom. The lowest BCUT2D eigenvalue weighted by molar-refractivity contribution is 0.405. The molecule has 7 heteroatoms. The second-order valence-corrected chi connectivity index (χ2v) is 4.78. The van der Waals surface area contributed by atoms with E-state index in [4.69, 9.17) is 10.5 Å². The zero-order valence-corrected chi connectivity index (χ0v) is 10.9. The van der Waals surface area contributed by atoms with E-state index in [0.29, 0.717) is 22.1 Å². The summed E-state index contributed by atoms with van der Waals surface area (Å²) in [7, 11) is 1.64. The number of aromatic amines is 1. The summed E-state index contributed by atoms with van der Waals surface area (Å²) >= 11 is 1.46. The van der Waals surface area contributed by atoms with E-state index in [-0.39, 0.29) is 0 Å². The Hall–Kier alpha value is -2.28. The normalized spacial score (nSPS) is 10.8. The number of anilines is 1. The molecule has 3 N–H and O–H groups in total. The summed E-state index contributed by atoms with van der Waals surface area (Å²) in [4.78, 5) is 16.4. The van der Waals surface area contributed by atoms with Crippen molar-refractivity contribution < 1.29 is 4.74 Å². The number of nitrogens with two attached hydrogens (primary N) is 1. The standard InChI is InChI=1S/C12H11N5OS/c1-18-7-4-2-3-5-8(7)19-12-16-9-10(13)14-6-15-11(9)17-12/h2-6H,1H3,(H3,13,14,15,16,17). The SMILES string of the molecule is COc1ccccc1Sc1nc2ncnc(N)c2[nH]1. The summed E-state index contributed by atoms with van der Waals surface area (Å²) in [6.45, 7) is 0. The third-order valence-corrected chi connectivity index (χ3v) is 3.52. The fraction of sp³-hybridized carbons (Fsp3) is 0.0833. The van der Waals surface area contributed by atoms with E-state index in [2.05, 4.69) is 19.9 Å². The molecule has 3 rings (SSSR count). The molecule has 0 aliphatic rings. The van der Waals surface area contributed by atoms with Gasteiger partial charge in [0.05, 0.1) is 12.0 Å². The number of benzene rings is 1. The molecule has 0 spiro atoms. The number of nitrogens with zero attached hydrogens (tertiary/aromatic N) is 3. The highest BCUT2D eigenvalue weighted by Crippen LogP contribution is 2.33. The van der Waals surface area contributed by atoms with Gasteiger partial charge in [0.25, 0.3) is 0 Å². The maximum Gasteiger partial charge on any atom is 0.183 e. The topological polar surface area (TPSA) is 89.7 Å². The Labute approximate surface area is 113 Å². The second kappa shape index (κ2) is 4.77. The van der Waals surface area contributed by atoms with Gasteiger partial charge >= 0.3 is 0 Å². The molecule has 0 saturated heterocycles. The third-order valence-electron chi connectivity index (χ3n) is 2.57. The molecule has 2 aromatic heterocycles. The third kappa shape index (κ3) is 2.19. The van der Waals surface area contributed by atoms with Gasteiger partial charge in [0.2, 0.25) is 0 Å². The van der Waals surface area contributed by atoms with E-state index >= 15 is 0 Å². The van der Waals surface area contributed by atoms with Crippen LogP contribution in [0.25, 0.3) is 11.2 Å². The van der Waals surface area contributed by atoms with Gasteiger partial charge in [-0.15, -0.1) is 0 Å². The molecule has 3 aromatic rings. The summed E-state index contributed by atoms with van der Waals surface area (Å²) in [5.74, 6) is 1.19. The maximum absolute atomic E-state index is 5.76. The predicted molar refractivity (Wildman–Crippen MR) is 73.2 cm³/mol. The molecule has 2 heterocycles. The number of nitrogens with one attached hydrogen (secondary N) is 1. The van der Waals surface area contributed by atoms with E-state index in [1.807, 2.05) is 24.3 Å². The lowest BCUT2D eigenvalue weighted by Gasteiger charge is -2.05. The number of nitrogen functional groups attached to an aromatic ring is 1. The zero-order valence-electron chi connectivity index (χ0n) is 10.1. The summed E-state index contributed by atoms with van der Waals surface area (Å²) in [5.41, 5.74) is 6.98. The minimum Gasteiger partial charge on any atom is -0.496 e. The van der Waals surface area contributed by atoms with Crippen LogP contribution in [0.3, 0.4) is 0 Å². The number of methoxy groups -OCH3 is 1. The molecule has 0 amide bonds. The Morgan fingerprint density at radius 3 is 2.89 bits per heavy atom. The van der Waals surface area contributed by atoms with Crippen LogP contribution in [0.4, 0.5) is 5.82 Å². The summed E-state index contributed by atoms with van der Waals surface area (Å²) in [6, 6.07) is 7.73. The number of ether oxygens (including phenoxy) is 1. The van der Waals surface area contributed by atoms with Crippen LogP contribution in [-0.4, -0.2) is 27.0 Å². The minimum absolute atomic E-state index is 0.393. The van der Waals surface area contributed by atoms with Gasteiger partial charge in [0.1, 0.15) is 17.6 Å². The Bertz CT molecular complexity index is 727. The lowest BCUT2D eigenvalue weighted by atomic mass is 10.3. The highest BCUT2D eigenvalue weighted by molar-refractivity contribution is 7.99. The van der Waals surface area contributed by atoms with Crippen molar-refractivity contribution in [1.82, 2.24) is 19.9 Å². The average Bonchev–Trinajstić information content (AvgIpc) is 2.83. The van der Waals surface area contributed by atoms with Gasteiger partial charge in [0, 0.05) is 0 Å². The van der Waals surface area contributed by atoms with Gasteiger partial charge in [-0.2, -0.15) is 0 Å². The second-order valence-electron chi connectivity index (χ2n) is 3.75. The first-order valence-corrected chi connectivity index (χ1v) is 6.36. The number of aromatic nitrogens is 4. The summed E-state index contributed by atoms with van der Waals surface area (Å²) in [6.07, 6.45) is 1.40. The Morgan fingerprint density at radius 2 is 2.11 bits per heavy atom. The number of rotatable bonds is 3. The van der Waals surface area contributed by atoms with Crippen molar-refractivity contribution in [2.24, 2.45) is 0 Å². The first kappa shape index (κ1) is 11.8. The average molecular weight is 273 g/mol. The van der Waals surface area contributed by atoms with Crippen LogP contribution in [0.5, 0.6) is 5.75 Å². The van der Waals surface area contributed by atoms with Crippen molar-refractivity contribution in [3.63, 3.8) is 0 Å². The first-order chi connectivity index (χ1) is 9.28. The van der Waals surface area contributed by atoms with Crippen LogP contribution in [0.15, 0.2) is 40.6 Å². The van der Waals surface area contributed by atoms with Gasteiger partial charge in [-0.25, -0.2) is 15.0 Å². The Balaban J connectivity index is 1.99. The molecule has 6 nitrogen and oxygen atoms in total.